The highest BCUT2D eigenvalue weighted by Gasteiger charge is 2.48. The van der Waals surface area contributed by atoms with Crippen LogP contribution in [0.5, 0.6) is 0 Å². The summed E-state index contributed by atoms with van der Waals surface area (Å²) < 4.78 is 31.9. The van der Waals surface area contributed by atoms with Crippen LogP contribution in [0.4, 0.5) is 0 Å². The Bertz CT molecular complexity index is 764. The molecule has 4 rings (SSSR count). The minimum absolute atomic E-state index is 0.00821. The summed E-state index contributed by atoms with van der Waals surface area (Å²) in [6, 6.07) is 3.09. The minimum Gasteiger partial charge on any atom is -0.452 e. The van der Waals surface area contributed by atoms with Gasteiger partial charge in [-0.15, -0.1) is 0 Å². The Morgan fingerprint density at radius 3 is 2.77 bits per heavy atom. The minimum atomic E-state index is -3.57. The van der Waals surface area contributed by atoms with E-state index in [1.165, 1.54) is 29.5 Å². The van der Waals surface area contributed by atoms with Crippen LogP contribution in [0.1, 0.15) is 30.4 Å². The summed E-state index contributed by atoms with van der Waals surface area (Å²) in [5.41, 5.74) is 0. The molecule has 0 amide bonds. The number of hydrogen-bond donors (Lipinski definition) is 1. The standard InChI is InChI=1S/C14H18N4O3S/c1-9-15-14(17-16-9)12-8-18(7-11(12)10-4-5-10)22(19,20)13-3-2-6-21-13/h2-3,6,10-12H,4-5,7-8H2,1H3,(H,15,16,17)/t11-,12+/m0/s1. The summed E-state index contributed by atoms with van der Waals surface area (Å²) in [5.74, 6) is 2.42. The highest BCUT2D eigenvalue weighted by molar-refractivity contribution is 7.89. The molecule has 2 fully saturated rings. The monoisotopic (exact) mass is 322 g/mol. The lowest BCUT2D eigenvalue weighted by atomic mass is 9.91. The van der Waals surface area contributed by atoms with Gasteiger partial charge in [0.1, 0.15) is 5.82 Å². The van der Waals surface area contributed by atoms with Gasteiger partial charge in [0.05, 0.1) is 6.26 Å². The first-order valence-electron chi connectivity index (χ1n) is 7.48. The van der Waals surface area contributed by atoms with E-state index in [9.17, 15) is 8.42 Å². The second-order valence-electron chi connectivity index (χ2n) is 6.14. The Hall–Kier alpha value is -1.67. The Labute approximate surface area is 128 Å². The van der Waals surface area contributed by atoms with Crippen molar-refractivity contribution in [1.29, 1.82) is 0 Å². The van der Waals surface area contributed by atoms with Gasteiger partial charge in [-0.05, 0) is 43.7 Å². The largest absolute Gasteiger partial charge is 0.452 e. The zero-order valence-corrected chi connectivity index (χ0v) is 13.1. The lowest BCUT2D eigenvalue weighted by Crippen LogP contribution is -2.29. The molecule has 0 aromatic carbocycles. The number of nitrogens with zero attached hydrogens (tertiary/aromatic N) is 3. The number of aromatic amines is 1. The molecule has 8 heteroatoms. The molecular weight excluding hydrogens is 304 g/mol. The van der Waals surface area contributed by atoms with Gasteiger partial charge in [-0.3, -0.25) is 5.10 Å². The highest BCUT2D eigenvalue weighted by Crippen LogP contribution is 2.47. The van der Waals surface area contributed by atoms with E-state index in [0.717, 1.165) is 11.6 Å². The Morgan fingerprint density at radius 2 is 2.18 bits per heavy atom. The third kappa shape index (κ3) is 2.26. The molecule has 2 aliphatic rings. The number of furan rings is 1. The summed E-state index contributed by atoms with van der Waals surface area (Å²) in [5, 5.41) is 7.12. The van der Waals surface area contributed by atoms with Gasteiger partial charge < -0.3 is 4.42 Å². The first kappa shape index (κ1) is 14.0. The van der Waals surface area contributed by atoms with Gasteiger partial charge in [0.15, 0.2) is 5.82 Å². The van der Waals surface area contributed by atoms with E-state index in [-0.39, 0.29) is 11.0 Å². The van der Waals surface area contributed by atoms with E-state index in [1.54, 1.807) is 6.07 Å². The van der Waals surface area contributed by atoms with E-state index in [1.807, 2.05) is 6.92 Å². The molecule has 1 aliphatic carbocycles. The van der Waals surface area contributed by atoms with E-state index < -0.39 is 10.0 Å². The maximum Gasteiger partial charge on any atom is 0.276 e. The van der Waals surface area contributed by atoms with Crippen molar-refractivity contribution >= 4 is 10.0 Å². The van der Waals surface area contributed by atoms with Crippen LogP contribution in [0, 0.1) is 18.8 Å². The quantitative estimate of drug-likeness (QED) is 0.921. The number of nitrogens with one attached hydrogen (secondary N) is 1. The molecule has 7 nitrogen and oxygen atoms in total. The zero-order chi connectivity index (χ0) is 15.3. The first-order chi connectivity index (χ1) is 10.6. The van der Waals surface area contributed by atoms with Gasteiger partial charge in [-0.1, -0.05) is 0 Å². The van der Waals surface area contributed by atoms with Crippen LogP contribution < -0.4 is 0 Å². The first-order valence-corrected chi connectivity index (χ1v) is 8.92. The SMILES string of the molecule is Cc1nc([C@@H]2CN(S(=O)(=O)c3ccco3)C[C@H]2C2CC2)n[nH]1. The van der Waals surface area contributed by atoms with Gasteiger partial charge >= 0.3 is 0 Å². The lowest BCUT2D eigenvalue weighted by Gasteiger charge is -2.14. The van der Waals surface area contributed by atoms with Crippen molar-refractivity contribution in [2.45, 2.75) is 30.8 Å². The summed E-state index contributed by atoms with van der Waals surface area (Å²) in [6.45, 7) is 2.79. The van der Waals surface area contributed by atoms with Gasteiger partial charge in [0, 0.05) is 19.0 Å². The molecule has 1 N–H and O–H groups in total. The molecular formula is C14H18N4O3S. The van der Waals surface area contributed by atoms with E-state index in [2.05, 4.69) is 15.2 Å². The van der Waals surface area contributed by atoms with Crippen LogP contribution in [0.25, 0.3) is 0 Å². The summed E-state index contributed by atoms with van der Waals surface area (Å²) in [6.07, 6.45) is 3.72. The molecule has 1 saturated heterocycles. The predicted molar refractivity (Wildman–Crippen MR) is 77.5 cm³/mol. The predicted octanol–water partition coefficient (Wildman–Crippen LogP) is 1.52. The molecule has 0 unspecified atom stereocenters. The molecule has 0 spiro atoms. The fourth-order valence-corrected chi connectivity index (χ4v) is 4.73. The van der Waals surface area contributed by atoms with Gasteiger partial charge in [-0.2, -0.15) is 9.40 Å². The van der Waals surface area contributed by atoms with Crippen LogP contribution in [0.15, 0.2) is 27.9 Å². The molecule has 1 aliphatic heterocycles. The van der Waals surface area contributed by atoms with Crippen molar-refractivity contribution < 1.29 is 12.8 Å². The summed E-state index contributed by atoms with van der Waals surface area (Å²) in [4.78, 5) is 4.42. The Balaban J connectivity index is 1.64. The Kier molecular flexibility index (Phi) is 3.12. The van der Waals surface area contributed by atoms with Crippen LogP contribution in [-0.2, 0) is 10.0 Å². The molecule has 2 aromatic heterocycles. The van der Waals surface area contributed by atoms with E-state index in [4.69, 9.17) is 4.42 Å². The van der Waals surface area contributed by atoms with Crippen molar-refractivity contribution in [3.05, 3.63) is 30.0 Å². The molecule has 22 heavy (non-hydrogen) atoms. The molecule has 0 radical (unpaired) electrons. The molecule has 0 bridgehead atoms. The van der Waals surface area contributed by atoms with Gasteiger partial charge in [0.2, 0.25) is 5.09 Å². The van der Waals surface area contributed by atoms with Crippen LogP contribution >= 0.6 is 0 Å². The van der Waals surface area contributed by atoms with Crippen molar-refractivity contribution in [2.24, 2.45) is 11.8 Å². The van der Waals surface area contributed by atoms with Gasteiger partial charge in [-0.25, -0.2) is 13.4 Å². The second kappa shape index (κ2) is 4.92. The summed E-state index contributed by atoms with van der Waals surface area (Å²) in [7, 11) is -3.57. The summed E-state index contributed by atoms with van der Waals surface area (Å²) >= 11 is 0. The lowest BCUT2D eigenvalue weighted by molar-refractivity contribution is 0.397. The number of sulfonamides is 1. The maximum atomic E-state index is 12.6. The molecule has 2 atom stereocenters. The smallest absolute Gasteiger partial charge is 0.276 e. The molecule has 2 aromatic rings. The van der Waals surface area contributed by atoms with Crippen molar-refractivity contribution in [1.82, 2.24) is 19.5 Å². The molecule has 1 saturated carbocycles. The van der Waals surface area contributed by atoms with Crippen LogP contribution in [0.3, 0.4) is 0 Å². The van der Waals surface area contributed by atoms with Crippen molar-refractivity contribution in [3.63, 3.8) is 0 Å². The number of aromatic nitrogens is 3. The zero-order valence-electron chi connectivity index (χ0n) is 12.3. The number of aryl methyl sites for hydroxylation is 1. The van der Waals surface area contributed by atoms with Gasteiger partial charge in [0.25, 0.3) is 10.0 Å². The number of rotatable bonds is 4. The van der Waals surface area contributed by atoms with E-state index in [0.29, 0.717) is 24.9 Å². The molecule has 118 valence electrons. The fourth-order valence-electron chi connectivity index (χ4n) is 3.33. The van der Waals surface area contributed by atoms with Crippen molar-refractivity contribution in [2.75, 3.05) is 13.1 Å². The topological polar surface area (TPSA) is 92.1 Å². The normalized spacial score (nSPS) is 26.6. The van der Waals surface area contributed by atoms with Crippen molar-refractivity contribution in [3.8, 4) is 0 Å². The molecule has 3 heterocycles. The average molecular weight is 322 g/mol. The number of hydrogen-bond acceptors (Lipinski definition) is 5. The number of H-pyrrole nitrogens is 1. The van der Waals surface area contributed by atoms with Crippen LogP contribution in [-0.4, -0.2) is 41.0 Å². The third-order valence-corrected chi connectivity index (χ3v) is 6.31. The average Bonchev–Trinajstić information content (AvgIpc) is 2.96. The highest BCUT2D eigenvalue weighted by atomic mass is 32.2. The maximum absolute atomic E-state index is 12.6. The van der Waals surface area contributed by atoms with E-state index >= 15 is 0 Å². The fraction of sp³-hybridized carbons (Fsp3) is 0.571. The third-order valence-electron chi connectivity index (χ3n) is 4.59. The van der Waals surface area contributed by atoms with Crippen LogP contribution in [0.2, 0.25) is 0 Å². The second-order valence-corrected chi connectivity index (χ2v) is 8.01. The Morgan fingerprint density at radius 1 is 1.36 bits per heavy atom.